The Kier molecular flexibility index (Phi) is 17.2. The van der Waals surface area contributed by atoms with Crippen LogP contribution in [0.2, 0.25) is 0 Å². The van der Waals surface area contributed by atoms with Gasteiger partial charge in [0.2, 0.25) is 6.79 Å². The van der Waals surface area contributed by atoms with Gasteiger partial charge in [-0.05, 0) is 36.1 Å². The first kappa shape index (κ1) is 26.8. The molecule has 0 unspecified atom stereocenters. The van der Waals surface area contributed by atoms with Gasteiger partial charge < -0.3 is 26.5 Å². The van der Waals surface area contributed by atoms with Gasteiger partial charge in [-0.1, -0.05) is 26.7 Å². The first-order valence-electron chi connectivity index (χ1n) is 8.99. The van der Waals surface area contributed by atoms with Gasteiger partial charge in [0.25, 0.3) is 0 Å². The molecule has 0 spiro atoms. The fourth-order valence-electron chi connectivity index (χ4n) is 2.53. The van der Waals surface area contributed by atoms with Crippen LogP contribution in [0.5, 0.6) is 11.5 Å². The molecule has 0 bridgehead atoms. The zero-order valence-electron chi connectivity index (χ0n) is 18.1. The second-order valence-corrected chi connectivity index (χ2v) is 5.86. The number of hydrogen-bond donors (Lipinski definition) is 0. The topological polar surface area (TPSA) is 46.2 Å². The van der Waals surface area contributed by atoms with Crippen molar-refractivity contribution in [1.29, 1.82) is 0 Å². The van der Waals surface area contributed by atoms with Crippen molar-refractivity contribution in [3.63, 3.8) is 0 Å². The molecule has 26 heavy (non-hydrogen) atoms. The number of aryl methyl sites for hydroxylation is 1. The normalized spacial score (nSPS) is 11.8. The Balaban J connectivity index is -0.00000156. The van der Waals surface area contributed by atoms with E-state index in [4.69, 9.17) is 23.7 Å². The van der Waals surface area contributed by atoms with Gasteiger partial charge in [0.1, 0.15) is 0 Å². The maximum atomic E-state index is 5.75. The third-order valence-corrected chi connectivity index (χ3v) is 3.86. The van der Waals surface area contributed by atoms with Crippen LogP contribution < -0.4 is 9.47 Å². The van der Waals surface area contributed by atoms with Gasteiger partial charge in [0, 0.05) is 31.0 Å². The summed E-state index contributed by atoms with van der Waals surface area (Å²) in [6, 6.07) is 4.12. The Morgan fingerprint density at radius 3 is 2.04 bits per heavy atom. The van der Waals surface area contributed by atoms with Crippen LogP contribution in [0.4, 0.5) is 0 Å². The Bertz CT molecular complexity index is 498. The van der Waals surface area contributed by atoms with E-state index in [1.54, 1.807) is 0 Å². The molecular formula is C19H32CaO5Sb. The van der Waals surface area contributed by atoms with Gasteiger partial charge in [-0.2, -0.15) is 0 Å². The van der Waals surface area contributed by atoms with Crippen molar-refractivity contribution < 1.29 is 26.5 Å². The van der Waals surface area contributed by atoms with Crippen LogP contribution in [0.25, 0.3) is 0 Å². The molecule has 0 fully saturated rings. The van der Waals surface area contributed by atoms with Crippen molar-refractivity contribution in [3.8, 4) is 11.5 Å². The molecule has 7 heteroatoms. The molecule has 0 amide bonds. The van der Waals surface area contributed by atoms with Gasteiger partial charge in [0.05, 0.1) is 33.0 Å². The number of ether oxygens (including phenoxy) is 5. The summed E-state index contributed by atoms with van der Waals surface area (Å²) < 4.78 is 27.6. The zero-order valence-corrected chi connectivity index (χ0v) is 20.9. The predicted octanol–water partition coefficient (Wildman–Crippen LogP) is 3.18. The number of unbranched alkanes of at least 4 members (excludes halogenated alkanes) is 1. The number of rotatable bonds is 13. The van der Waals surface area contributed by atoms with E-state index in [0.29, 0.717) is 39.8 Å². The SMILES string of the molecule is CCCCOCCOCCOCc1cc2c(cc1CCC)OCO2.[Ca+2].[H-].[H-].[Sb]. The Labute approximate surface area is 207 Å². The van der Waals surface area contributed by atoms with E-state index >= 15 is 0 Å². The van der Waals surface area contributed by atoms with E-state index in [2.05, 4.69) is 19.9 Å². The molecule has 0 saturated heterocycles. The Hall–Kier alpha value is 0.778. The zero-order chi connectivity index (χ0) is 17.0. The Morgan fingerprint density at radius 1 is 0.846 bits per heavy atom. The van der Waals surface area contributed by atoms with Gasteiger partial charge in [-0.3, -0.25) is 0 Å². The monoisotopic (exact) mass is 501 g/mol. The average molecular weight is 502 g/mol. The molecule has 1 aliphatic heterocycles. The number of benzene rings is 1. The van der Waals surface area contributed by atoms with E-state index in [9.17, 15) is 0 Å². The number of fused-ring (bicyclic) bond motifs is 1. The first-order valence-corrected chi connectivity index (χ1v) is 8.99. The molecule has 3 radical (unpaired) electrons. The van der Waals surface area contributed by atoms with E-state index in [1.807, 2.05) is 6.07 Å². The van der Waals surface area contributed by atoms with Crippen molar-refractivity contribution in [2.24, 2.45) is 0 Å². The van der Waals surface area contributed by atoms with Crippen molar-refractivity contribution in [2.45, 2.75) is 46.1 Å². The largest absolute Gasteiger partial charge is 2.00 e. The summed E-state index contributed by atoms with van der Waals surface area (Å²) in [5, 5.41) is 0. The molecule has 2 rings (SSSR count). The molecule has 1 heterocycles. The van der Waals surface area contributed by atoms with Crippen molar-refractivity contribution in [1.82, 2.24) is 0 Å². The quantitative estimate of drug-likeness (QED) is 0.307. The van der Waals surface area contributed by atoms with Gasteiger partial charge in [0.15, 0.2) is 11.5 Å². The molecule has 0 aliphatic carbocycles. The first-order chi connectivity index (χ1) is 11.8. The minimum atomic E-state index is 0. The number of hydrogen-bond acceptors (Lipinski definition) is 5. The van der Waals surface area contributed by atoms with Crippen LogP contribution in [0.3, 0.4) is 0 Å². The summed E-state index contributed by atoms with van der Waals surface area (Å²) in [4.78, 5) is 0. The standard InChI is InChI=1S/C19H30O5.Ca.Sb.2H/c1-3-5-7-20-8-9-21-10-11-22-14-17-13-19-18(23-15-24-19)12-16(17)6-4-2;;;;/h12-13H,3-11,14-15H2,1-2H3;;;;/q;+2;;2*-1. The van der Waals surface area contributed by atoms with Gasteiger partial charge in [-0.15, -0.1) is 0 Å². The molecule has 1 aliphatic rings. The van der Waals surface area contributed by atoms with E-state index < -0.39 is 0 Å². The van der Waals surface area contributed by atoms with E-state index in [-0.39, 0.29) is 65.0 Å². The summed E-state index contributed by atoms with van der Waals surface area (Å²) >= 11 is 0. The van der Waals surface area contributed by atoms with Crippen LogP contribution in [0.1, 0.15) is 47.1 Å². The van der Waals surface area contributed by atoms with Crippen molar-refractivity contribution in [2.75, 3.05) is 39.8 Å². The summed E-state index contributed by atoms with van der Waals surface area (Å²) in [6.07, 6.45) is 4.38. The molecule has 1 aromatic carbocycles. The molecule has 0 aromatic heterocycles. The fourth-order valence-corrected chi connectivity index (χ4v) is 2.53. The smallest absolute Gasteiger partial charge is 1.00 e. The van der Waals surface area contributed by atoms with Crippen molar-refractivity contribution >= 4 is 62.2 Å². The minimum absolute atomic E-state index is 0. The summed E-state index contributed by atoms with van der Waals surface area (Å²) in [6.45, 7) is 8.47. The van der Waals surface area contributed by atoms with Crippen LogP contribution in [-0.2, 0) is 27.2 Å². The second-order valence-electron chi connectivity index (χ2n) is 5.86. The molecule has 0 saturated carbocycles. The summed E-state index contributed by atoms with van der Waals surface area (Å²) in [5.74, 6) is 1.66. The third-order valence-electron chi connectivity index (χ3n) is 3.86. The molecule has 0 atom stereocenters. The summed E-state index contributed by atoms with van der Waals surface area (Å²) in [5.41, 5.74) is 2.44. The minimum Gasteiger partial charge on any atom is -1.00 e. The molecule has 1 aromatic rings. The average Bonchev–Trinajstić information content (AvgIpc) is 3.04. The Morgan fingerprint density at radius 2 is 1.42 bits per heavy atom. The predicted molar refractivity (Wildman–Crippen MR) is 106 cm³/mol. The molecule has 0 N–H and O–H groups in total. The van der Waals surface area contributed by atoms with Gasteiger partial charge >= 0.3 is 37.7 Å². The van der Waals surface area contributed by atoms with Crippen LogP contribution in [0, 0.1) is 0 Å². The summed E-state index contributed by atoms with van der Waals surface area (Å²) in [7, 11) is 0. The van der Waals surface area contributed by atoms with E-state index in [0.717, 1.165) is 43.8 Å². The van der Waals surface area contributed by atoms with Crippen LogP contribution in [-0.4, -0.2) is 102 Å². The van der Waals surface area contributed by atoms with Crippen LogP contribution >= 0.6 is 0 Å². The molecule has 145 valence electrons. The molecule has 5 nitrogen and oxygen atoms in total. The fraction of sp³-hybridized carbons (Fsp3) is 0.684. The van der Waals surface area contributed by atoms with Crippen LogP contribution in [0.15, 0.2) is 12.1 Å². The maximum Gasteiger partial charge on any atom is 2.00 e. The second kappa shape index (κ2) is 16.7. The van der Waals surface area contributed by atoms with E-state index in [1.165, 1.54) is 11.1 Å². The van der Waals surface area contributed by atoms with Gasteiger partial charge in [-0.25, -0.2) is 0 Å². The van der Waals surface area contributed by atoms with Crippen molar-refractivity contribution in [3.05, 3.63) is 23.3 Å². The molecular weight excluding hydrogens is 470 g/mol. The third kappa shape index (κ3) is 9.82. The maximum absolute atomic E-state index is 5.75.